The predicted octanol–water partition coefficient (Wildman–Crippen LogP) is 1.88. The normalized spacial score (nSPS) is 10.7. The molecule has 2 aromatic rings. The molecule has 0 aliphatic rings. The lowest BCUT2D eigenvalue weighted by Crippen LogP contribution is -2.27. The number of ether oxygens (including phenoxy) is 1. The van der Waals surface area contributed by atoms with Gasteiger partial charge in [0.15, 0.2) is 0 Å². The van der Waals surface area contributed by atoms with Gasteiger partial charge in [0.1, 0.15) is 11.6 Å². The first kappa shape index (κ1) is 12.9. The highest BCUT2D eigenvalue weighted by atomic mass is 32.1. The molecule has 0 saturated carbocycles. The van der Waals surface area contributed by atoms with Crippen molar-refractivity contribution in [1.82, 2.24) is 10.5 Å². The Labute approximate surface area is 109 Å². The number of fused-ring (bicyclic) bond motifs is 1. The largest absolute Gasteiger partial charge is 0.364 e. The summed E-state index contributed by atoms with van der Waals surface area (Å²) in [7, 11) is 0. The summed E-state index contributed by atoms with van der Waals surface area (Å²) in [6.45, 7) is 2.53. The molecule has 0 bridgehead atoms. The Morgan fingerprint density at radius 3 is 3.06 bits per heavy atom. The van der Waals surface area contributed by atoms with Crippen LogP contribution in [0.15, 0.2) is 24.3 Å². The van der Waals surface area contributed by atoms with Gasteiger partial charge in [-0.05, 0) is 19.1 Å². The molecule has 1 heterocycles. The van der Waals surface area contributed by atoms with Gasteiger partial charge in [-0.25, -0.2) is 10.5 Å². The number of benzene rings is 1. The number of rotatable bonds is 6. The molecule has 0 aliphatic carbocycles. The van der Waals surface area contributed by atoms with Gasteiger partial charge in [-0.3, -0.25) is 9.63 Å². The van der Waals surface area contributed by atoms with Crippen LogP contribution in [0.5, 0.6) is 0 Å². The molecule has 18 heavy (non-hydrogen) atoms. The fourth-order valence-electron chi connectivity index (χ4n) is 1.39. The van der Waals surface area contributed by atoms with E-state index in [1.165, 1.54) is 0 Å². The molecule has 2 rings (SSSR count). The number of carbonyl (C=O) groups excluding carboxylic acids is 1. The molecule has 0 aliphatic heterocycles. The summed E-state index contributed by atoms with van der Waals surface area (Å²) in [5.74, 6) is -0.294. The van der Waals surface area contributed by atoms with Gasteiger partial charge in [-0.2, -0.15) is 0 Å². The quantitative estimate of drug-likeness (QED) is 0.811. The van der Waals surface area contributed by atoms with E-state index >= 15 is 0 Å². The third kappa shape index (κ3) is 3.49. The van der Waals surface area contributed by atoms with Crippen LogP contribution in [-0.4, -0.2) is 24.1 Å². The molecule has 96 valence electrons. The number of hydroxylamine groups is 1. The topological polar surface area (TPSA) is 60.5 Å². The summed E-state index contributed by atoms with van der Waals surface area (Å²) in [4.78, 5) is 20.3. The monoisotopic (exact) mass is 266 g/mol. The highest BCUT2D eigenvalue weighted by molar-refractivity contribution is 7.18. The van der Waals surface area contributed by atoms with Crippen molar-refractivity contribution >= 4 is 27.5 Å². The first-order valence-corrected chi connectivity index (χ1v) is 6.44. The average Bonchev–Trinajstić information content (AvgIpc) is 2.79. The summed E-state index contributed by atoms with van der Waals surface area (Å²) < 4.78 is 6.38. The molecule has 1 aromatic carbocycles. The summed E-state index contributed by atoms with van der Waals surface area (Å²) in [5, 5.41) is 0.861. The van der Waals surface area contributed by atoms with Crippen molar-refractivity contribution in [1.29, 1.82) is 0 Å². The van der Waals surface area contributed by atoms with E-state index in [1.807, 2.05) is 24.3 Å². The third-order valence-corrected chi connectivity index (χ3v) is 3.14. The Morgan fingerprint density at radius 1 is 1.44 bits per heavy atom. The first-order chi connectivity index (χ1) is 8.79. The van der Waals surface area contributed by atoms with Gasteiger partial charge in [0.05, 0.1) is 23.4 Å². The maximum atomic E-state index is 11.2. The van der Waals surface area contributed by atoms with Crippen LogP contribution in [0, 0.1) is 0 Å². The van der Waals surface area contributed by atoms with E-state index in [4.69, 9.17) is 9.57 Å². The highest BCUT2D eigenvalue weighted by Gasteiger charge is 2.05. The third-order valence-electron chi connectivity index (χ3n) is 2.13. The van der Waals surface area contributed by atoms with Gasteiger partial charge in [0.25, 0.3) is 5.91 Å². The molecular formula is C12H14N2O3S. The summed E-state index contributed by atoms with van der Waals surface area (Å²) in [6.07, 6.45) is 0. The zero-order valence-corrected chi connectivity index (χ0v) is 10.8. The van der Waals surface area contributed by atoms with Crippen molar-refractivity contribution in [3.8, 4) is 0 Å². The summed E-state index contributed by atoms with van der Waals surface area (Å²) in [6, 6.07) is 7.89. The van der Waals surface area contributed by atoms with Crippen molar-refractivity contribution in [2.24, 2.45) is 0 Å². The van der Waals surface area contributed by atoms with E-state index in [9.17, 15) is 4.79 Å². The lowest BCUT2D eigenvalue weighted by atomic mass is 10.3. The number of aromatic nitrogens is 1. The van der Waals surface area contributed by atoms with Crippen LogP contribution in [-0.2, 0) is 21.0 Å². The molecule has 1 amide bonds. The lowest BCUT2D eigenvalue weighted by molar-refractivity contribution is -0.138. The molecule has 1 N–H and O–H groups in total. The van der Waals surface area contributed by atoms with Gasteiger partial charge < -0.3 is 4.74 Å². The number of nitrogens with zero attached hydrogens (tertiary/aromatic N) is 1. The maximum absolute atomic E-state index is 11.2. The number of nitrogens with one attached hydrogen (secondary N) is 1. The minimum atomic E-state index is -0.294. The number of hydrogen-bond acceptors (Lipinski definition) is 5. The van der Waals surface area contributed by atoms with E-state index < -0.39 is 0 Å². The van der Waals surface area contributed by atoms with Crippen molar-refractivity contribution in [3.63, 3.8) is 0 Å². The maximum Gasteiger partial charge on any atom is 0.269 e. The first-order valence-electron chi connectivity index (χ1n) is 5.62. The van der Waals surface area contributed by atoms with Crippen molar-refractivity contribution in [2.75, 3.05) is 13.2 Å². The Kier molecular flexibility index (Phi) is 4.63. The fourth-order valence-corrected chi connectivity index (χ4v) is 2.30. The number of hydrogen-bond donors (Lipinski definition) is 1. The van der Waals surface area contributed by atoms with Crippen LogP contribution in [0.3, 0.4) is 0 Å². The minimum Gasteiger partial charge on any atom is -0.364 e. The Bertz CT molecular complexity index is 494. The molecule has 1 aromatic heterocycles. The average molecular weight is 266 g/mol. The molecule has 5 nitrogen and oxygen atoms in total. The van der Waals surface area contributed by atoms with Crippen molar-refractivity contribution in [2.45, 2.75) is 13.5 Å². The van der Waals surface area contributed by atoms with Crippen molar-refractivity contribution in [3.05, 3.63) is 29.3 Å². The van der Waals surface area contributed by atoms with Crippen LogP contribution in [0.2, 0.25) is 0 Å². The van der Waals surface area contributed by atoms with E-state index in [2.05, 4.69) is 10.5 Å². The van der Waals surface area contributed by atoms with Crippen LogP contribution in [0.1, 0.15) is 11.9 Å². The molecule has 0 saturated heterocycles. The van der Waals surface area contributed by atoms with Gasteiger partial charge >= 0.3 is 0 Å². The van der Waals surface area contributed by atoms with E-state index in [0.717, 1.165) is 15.2 Å². The van der Waals surface area contributed by atoms with E-state index in [0.29, 0.717) is 13.2 Å². The highest BCUT2D eigenvalue weighted by Crippen LogP contribution is 2.21. The van der Waals surface area contributed by atoms with Crippen LogP contribution >= 0.6 is 11.3 Å². The molecule has 0 atom stereocenters. The van der Waals surface area contributed by atoms with Gasteiger partial charge in [0, 0.05) is 0 Å². The number of amides is 1. The Hall–Kier alpha value is -1.50. The zero-order chi connectivity index (χ0) is 12.8. The second-order valence-corrected chi connectivity index (χ2v) is 4.64. The molecular weight excluding hydrogens is 252 g/mol. The molecule has 6 heteroatoms. The van der Waals surface area contributed by atoms with Crippen molar-refractivity contribution < 1.29 is 14.4 Å². The summed E-state index contributed by atoms with van der Waals surface area (Å²) in [5.41, 5.74) is 3.22. The lowest BCUT2D eigenvalue weighted by Gasteiger charge is -2.03. The van der Waals surface area contributed by atoms with Crippen LogP contribution in [0.25, 0.3) is 10.2 Å². The standard InChI is InChI=1S/C12H14N2O3S/c1-2-17-14-11(15)7-16-8-12-13-9-5-3-4-6-10(9)18-12/h3-6H,2,7-8H2,1H3,(H,14,15). The zero-order valence-electron chi connectivity index (χ0n) is 10.0. The van der Waals surface area contributed by atoms with Crippen LogP contribution in [0.4, 0.5) is 0 Å². The Balaban J connectivity index is 1.81. The number of carbonyl (C=O) groups is 1. The molecule has 0 radical (unpaired) electrons. The van der Waals surface area contributed by atoms with E-state index in [1.54, 1.807) is 18.3 Å². The van der Waals surface area contributed by atoms with Gasteiger partial charge in [-0.15, -0.1) is 11.3 Å². The second kappa shape index (κ2) is 6.44. The molecule has 0 unspecified atom stereocenters. The fraction of sp³-hybridized carbons (Fsp3) is 0.333. The minimum absolute atomic E-state index is 0.0318. The smallest absolute Gasteiger partial charge is 0.269 e. The molecule has 0 spiro atoms. The SMILES string of the molecule is CCONC(=O)COCc1nc2ccccc2s1. The van der Waals surface area contributed by atoms with Crippen LogP contribution < -0.4 is 5.48 Å². The van der Waals surface area contributed by atoms with Gasteiger partial charge in [0.2, 0.25) is 0 Å². The second-order valence-electron chi connectivity index (χ2n) is 3.53. The summed E-state index contributed by atoms with van der Waals surface area (Å²) >= 11 is 1.57. The van der Waals surface area contributed by atoms with Gasteiger partial charge in [-0.1, -0.05) is 12.1 Å². The van der Waals surface area contributed by atoms with E-state index in [-0.39, 0.29) is 12.5 Å². The number of thiazole rings is 1. The molecule has 0 fully saturated rings. The predicted molar refractivity (Wildman–Crippen MR) is 69.0 cm³/mol. The number of para-hydroxylation sites is 1. The Morgan fingerprint density at radius 2 is 2.28 bits per heavy atom.